The second-order valence-corrected chi connectivity index (χ2v) is 8.34. The number of amides is 1. The van der Waals surface area contributed by atoms with E-state index < -0.39 is 17.8 Å². The number of anilines is 1. The summed E-state index contributed by atoms with van der Waals surface area (Å²) in [6.45, 7) is 0. The van der Waals surface area contributed by atoms with Crippen molar-refractivity contribution in [3.8, 4) is 0 Å². The number of hydrogen-bond donors (Lipinski definition) is 1. The van der Waals surface area contributed by atoms with Crippen LogP contribution in [0.1, 0.15) is 21.7 Å². The van der Waals surface area contributed by atoms with Crippen molar-refractivity contribution >= 4 is 52.2 Å². The molecule has 0 aliphatic rings. The van der Waals surface area contributed by atoms with Crippen molar-refractivity contribution in [3.05, 3.63) is 87.9 Å². The van der Waals surface area contributed by atoms with Crippen LogP contribution in [0.15, 0.2) is 66.0 Å². The molecular weight excluding hydrogens is 484 g/mol. The van der Waals surface area contributed by atoms with Crippen molar-refractivity contribution in [2.75, 3.05) is 5.32 Å². The van der Waals surface area contributed by atoms with Gasteiger partial charge in [0, 0.05) is 18.1 Å². The molecule has 4 aromatic rings. The van der Waals surface area contributed by atoms with Crippen molar-refractivity contribution in [2.45, 2.75) is 17.0 Å². The molecule has 0 aliphatic heterocycles. The predicted octanol–water partition coefficient (Wildman–Crippen LogP) is 6.60. The molecule has 1 aromatic carbocycles. The average molecular weight is 497 g/mol. The van der Waals surface area contributed by atoms with Crippen LogP contribution in [0, 0.1) is 0 Å². The Morgan fingerprint density at radius 3 is 2.47 bits per heavy atom. The first-order valence-electron chi connectivity index (χ1n) is 9.12. The van der Waals surface area contributed by atoms with Crippen LogP contribution in [-0.2, 0) is 11.9 Å². The molecule has 32 heavy (non-hydrogen) atoms. The van der Waals surface area contributed by atoms with E-state index in [0.717, 1.165) is 11.8 Å². The smallest absolute Gasteiger partial charge is 0.319 e. The summed E-state index contributed by atoms with van der Waals surface area (Å²) >= 11 is 13.3. The highest BCUT2D eigenvalue weighted by molar-refractivity contribution is 7.98. The van der Waals surface area contributed by atoms with Crippen molar-refractivity contribution in [1.82, 2.24) is 14.4 Å². The number of carbonyl (C=O) groups excluding carboxylic acids is 1. The second-order valence-electron chi connectivity index (χ2n) is 6.53. The van der Waals surface area contributed by atoms with Gasteiger partial charge in [0.05, 0.1) is 32.0 Å². The van der Waals surface area contributed by atoms with Gasteiger partial charge >= 0.3 is 6.18 Å². The summed E-state index contributed by atoms with van der Waals surface area (Å²) in [6.07, 6.45) is -1.65. The summed E-state index contributed by atoms with van der Waals surface area (Å²) in [5, 5.41) is 3.39. The summed E-state index contributed by atoms with van der Waals surface area (Å²) in [6, 6.07) is 12.7. The third kappa shape index (κ3) is 4.55. The number of nitrogens with zero attached hydrogens (tertiary/aromatic N) is 3. The van der Waals surface area contributed by atoms with Gasteiger partial charge in [0.25, 0.3) is 5.91 Å². The van der Waals surface area contributed by atoms with E-state index in [9.17, 15) is 18.0 Å². The zero-order valence-electron chi connectivity index (χ0n) is 16.0. The Morgan fingerprint density at radius 2 is 1.81 bits per heavy atom. The van der Waals surface area contributed by atoms with Crippen LogP contribution in [0.5, 0.6) is 0 Å². The molecule has 5 nitrogen and oxygen atoms in total. The van der Waals surface area contributed by atoms with Crippen LogP contribution in [-0.4, -0.2) is 20.3 Å². The molecule has 0 saturated heterocycles. The molecule has 0 atom stereocenters. The Morgan fingerprint density at radius 1 is 1.06 bits per heavy atom. The number of aromatic nitrogens is 3. The molecule has 0 bridgehead atoms. The number of halogens is 5. The van der Waals surface area contributed by atoms with Crippen LogP contribution in [0.2, 0.25) is 10.0 Å². The second kappa shape index (κ2) is 9.01. The minimum Gasteiger partial charge on any atom is -0.319 e. The number of alkyl halides is 3. The Bertz CT molecular complexity index is 1280. The van der Waals surface area contributed by atoms with Crippen LogP contribution in [0.25, 0.3) is 5.65 Å². The van der Waals surface area contributed by atoms with Crippen molar-refractivity contribution < 1.29 is 18.0 Å². The first-order valence-corrected chi connectivity index (χ1v) is 10.9. The quantitative estimate of drug-likeness (QED) is 0.316. The zero-order valence-corrected chi connectivity index (χ0v) is 18.4. The predicted molar refractivity (Wildman–Crippen MR) is 118 cm³/mol. The van der Waals surface area contributed by atoms with Gasteiger partial charge in [-0.3, -0.25) is 4.79 Å². The summed E-state index contributed by atoms with van der Waals surface area (Å²) in [5.41, 5.74) is -1.03. The van der Waals surface area contributed by atoms with E-state index in [1.165, 1.54) is 34.9 Å². The molecule has 11 heteroatoms. The molecule has 4 rings (SSSR count). The van der Waals surface area contributed by atoms with Gasteiger partial charge in [0.2, 0.25) is 0 Å². The highest BCUT2D eigenvalue weighted by Crippen LogP contribution is 2.36. The van der Waals surface area contributed by atoms with Crippen molar-refractivity contribution in [3.63, 3.8) is 0 Å². The van der Waals surface area contributed by atoms with Crippen LogP contribution >= 0.6 is 35.0 Å². The molecule has 3 heterocycles. The lowest BCUT2D eigenvalue weighted by Crippen LogP contribution is -2.14. The minimum atomic E-state index is -4.68. The van der Waals surface area contributed by atoms with E-state index in [-0.39, 0.29) is 38.4 Å². The average Bonchev–Trinajstić information content (AvgIpc) is 3.13. The number of nitrogens with one attached hydrogen (secondary N) is 1. The van der Waals surface area contributed by atoms with Crippen molar-refractivity contribution in [1.29, 1.82) is 0 Å². The van der Waals surface area contributed by atoms with E-state index in [1.54, 1.807) is 30.5 Å². The third-order valence-corrected chi connectivity index (χ3v) is 6.03. The molecule has 1 N–H and O–H groups in total. The molecule has 1 amide bonds. The normalized spacial score (nSPS) is 11.7. The largest absolute Gasteiger partial charge is 0.435 e. The van der Waals surface area contributed by atoms with E-state index in [1.807, 2.05) is 0 Å². The molecule has 0 spiro atoms. The monoisotopic (exact) mass is 496 g/mol. The summed E-state index contributed by atoms with van der Waals surface area (Å²) in [7, 11) is 0. The lowest BCUT2D eigenvalue weighted by Gasteiger charge is -2.10. The SMILES string of the molecule is O=C(Nc1cccn2c(CSc3ccccn3)c(C(F)(F)F)nc12)c1c(Cl)cccc1Cl. The van der Waals surface area contributed by atoms with Gasteiger partial charge in [-0.1, -0.05) is 35.3 Å². The number of imidazole rings is 1. The number of thioether (sulfide) groups is 1. The van der Waals surface area contributed by atoms with Gasteiger partial charge in [-0.25, -0.2) is 9.97 Å². The number of hydrogen-bond acceptors (Lipinski definition) is 4. The number of rotatable bonds is 5. The highest BCUT2D eigenvalue weighted by atomic mass is 35.5. The number of benzene rings is 1. The van der Waals surface area contributed by atoms with Gasteiger partial charge in [-0.2, -0.15) is 13.2 Å². The first kappa shape index (κ1) is 22.4. The Kier molecular flexibility index (Phi) is 6.32. The van der Waals surface area contributed by atoms with E-state index in [2.05, 4.69) is 15.3 Å². The van der Waals surface area contributed by atoms with Gasteiger partial charge in [0.1, 0.15) is 0 Å². The molecule has 0 aliphatic carbocycles. The summed E-state index contributed by atoms with van der Waals surface area (Å²) in [4.78, 5) is 20.7. The zero-order chi connectivity index (χ0) is 22.9. The molecular formula is C21H13Cl2F3N4OS. The summed E-state index contributed by atoms with van der Waals surface area (Å²) < 4.78 is 42.6. The third-order valence-electron chi connectivity index (χ3n) is 4.45. The maximum Gasteiger partial charge on any atom is 0.435 e. The van der Waals surface area contributed by atoms with Gasteiger partial charge in [0.15, 0.2) is 11.3 Å². The Labute approximate surface area is 194 Å². The Balaban J connectivity index is 1.74. The highest BCUT2D eigenvalue weighted by Gasteiger charge is 2.38. The lowest BCUT2D eigenvalue weighted by molar-refractivity contribution is -0.141. The number of fused-ring (bicyclic) bond motifs is 1. The van der Waals surface area contributed by atoms with Gasteiger partial charge in [-0.05, 0) is 36.4 Å². The van der Waals surface area contributed by atoms with Crippen LogP contribution < -0.4 is 5.32 Å². The maximum absolute atomic E-state index is 13.8. The summed E-state index contributed by atoms with van der Waals surface area (Å²) in [5.74, 6) is -0.685. The molecule has 0 fully saturated rings. The minimum absolute atomic E-state index is 0.0198. The fourth-order valence-electron chi connectivity index (χ4n) is 3.05. The molecule has 164 valence electrons. The molecule has 0 unspecified atom stereocenters. The van der Waals surface area contributed by atoms with E-state index in [0.29, 0.717) is 5.03 Å². The lowest BCUT2D eigenvalue weighted by atomic mass is 10.2. The fraction of sp³-hybridized carbons (Fsp3) is 0.0952. The van der Waals surface area contributed by atoms with E-state index in [4.69, 9.17) is 23.2 Å². The maximum atomic E-state index is 13.8. The fourth-order valence-corrected chi connectivity index (χ4v) is 4.49. The molecule has 0 radical (unpaired) electrons. The molecule has 0 saturated carbocycles. The Hall–Kier alpha value is -2.75. The topological polar surface area (TPSA) is 59.3 Å². The van der Waals surface area contributed by atoms with Gasteiger partial charge in [-0.15, -0.1) is 11.8 Å². The standard InChI is InChI=1S/C21H13Cl2F3N4OS/c22-12-5-3-6-13(23)17(12)20(31)28-14-7-4-10-30-15(11-32-16-8-1-2-9-27-16)18(21(24,25)26)29-19(14)30/h1-10H,11H2,(H,28,31). The first-order chi connectivity index (χ1) is 15.3. The number of carbonyl (C=O) groups is 1. The van der Waals surface area contributed by atoms with Crippen molar-refractivity contribution in [2.24, 2.45) is 0 Å². The van der Waals surface area contributed by atoms with E-state index >= 15 is 0 Å². The van der Waals surface area contributed by atoms with Gasteiger partial charge < -0.3 is 9.72 Å². The number of pyridine rings is 2. The van der Waals surface area contributed by atoms with Crippen LogP contribution in [0.3, 0.4) is 0 Å². The molecule has 3 aromatic heterocycles. The van der Waals surface area contributed by atoms with Crippen LogP contribution in [0.4, 0.5) is 18.9 Å².